The Hall–Kier alpha value is -3.30. The number of ether oxygens (including phenoxy) is 3. The van der Waals surface area contributed by atoms with Crippen molar-refractivity contribution in [3.8, 4) is 11.5 Å². The summed E-state index contributed by atoms with van der Waals surface area (Å²) in [5.74, 6) is 0.590. The van der Waals surface area contributed by atoms with Gasteiger partial charge in [0.15, 0.2) is 18.1 Å². The molecule has 4 rings (SSSR count). The molecule has 0 spiro atoms. The SMILES string of the molecule is CCOC(=O)C1(CC2CC2)CNC(=O)CCCN(C(=O)C2CC2)CCNC(=O)COc2cc(ccc2OC)C1. The highest BCUT2D eigenvalue weighted by Crippen LogP contribution is 2.43. The normalized spacial score (nSPS) is 23.4. The van der Waals surface area contributed by atoms with Crippen molar-refractivity contribution < 1.29 is 33.4 Å². The topological polar surface area (TPSA) is 123 Å². The van der Waals surface area contributed by atoms with E-state index in [0.717, 1.165) is 31.2 Å². The molecule has 0 saturated heterocycles. The minimum Gasteiger partial charge on any atom is -0.493 e. The molecule has 1 heterocycles. The van der Waals surface area contributed by atoms with Crippen LogP contribution in [0.3, 0.4) is 0 Å². The van der Waals surface area contributed by atoms with Crippen molar-refractivity contribution in [2.75, 3.05) is 46.5 Å². The molecule has 39 heavy (non-hydrogen) atoms. The summed E-state index contributed by atoms with van der Waals surface area (Å²) >= 11 is 0. The van der Waals surface area contributed by atoms with Crippen LogP contribution in [0.1, 0.15) is 57.4 Å². The summed E-state index contributed by atoms with van der Waals surface area (Å²) in [4.78, 5) is 53.4. The maximum absolute atomic E-state index is 13.4. The van der Waals surface area contributed by atoms with Gasteiger partial charge in [0.05, 0.1) is 19.1 Å². The van der Waals surface area contributed by atoms with Crippen LogP contribution in [0.2, 0.25) is 0 Å². The fourth-order valence-corrected chi connectivity index (χ4v) is 5.16. The van der Waals surface area contributed by atoms with Crippen LogP contribution in [0.15, 0.2) is 18.2 Å². The molecule has 3 amide bonds. The standard InChI is InChI=1S/C29H41N3O7/c1-3-38-28(36)29(16-20-6-7-20)17-21-8-11-23(37-2)24(15-21)39-18-26(34)30-12-14-32(27(35)22-9-10-22)13-4-5-25(33)31-19-29/h8,11,15,20,22H,3-7,9-10,12-14,16-19H2,1-2H3,(H,30,34)(H,31,33). The Bertz CT molecular complexity index is 1050. The van der Waals surface area contributed by atoms with Gasteiger partial charge in [-0.3, -0.25) is 19.2 Å². The van der Waals surface area contributed by atoms with Crippen LogP contribution < -0.4 is 20.1 Å². The van der Waals surface area contributed by atoms with Crippen molar-refractivity contribution >= 4 is 23.7 Å². The maximum Gasteiger partial charge on any atom is 0.314 e. The van der Waals surface area contributed by atoms with Crippen molar-refractivity contribution in [1.82, 2.24) is 15.5 Å². The minimum atomic E-state index is -0.935. The molecule has 10 nitrogen and oxygen atoms in total. The summed E-state index contributed by atoms with van der Waals surface area (Å²) in [6.07, 6.45) is 5.56. The number of hydrogen-bond donors (Lipinski definition) is 2. The van der Waals surface area contributed by atoms with Crippen molar-refractivity contribution in [3.05, 3.63) is 23.8 Å². The van der Waals surface area contributed by atoms with Gasteiger partial charge in [0.25, 0.3) is 5.91 Å². The van der Waals surface area contributed by atoms with Gasteiger partial charge in [-0.1, -0.05) is 18.9 Å². The molecule has 2 aliphatic carbocycles. The Labute approximate surface area is 230 Å². The molecule has 1 aromatic carbocycles. The molecule has 2 saturated carbocycles. The largest absolute Gasteiger partial charge is 0.493 e. The Morgan fingerprint density at radius 2 is 1.90 bits per heavy atom. The second-order valence-corrected chi connectivity index (χ2v) is 10.9. The van der Waals surface area contributed by atoms with Crippen LogP contribution in [0.4, 0.5) is 0 Å². The number of carbonyl (C=O) groups excluding carboxylic acids is 4. The predicted molar refractivity (Wildman–Crippen MR) is 143 cm³/mol. The number of fused-ring (bicyclic) bond motifs is 2. The number of amides is 3. The Morgan fingerprint density at radius 3 is 2.59 bits per heavy atom. The van der Waals surface area contributed by atoms with Crippen LogP contribution in [-0.4, -0.2) is 75.1 Å². The number of carbonyl (C=O) groups is 4. The number of nitrogens with one attached hydrogen (secondary N) is 2. The van der Waals surface area contributed by atoms with Crippen molar-refractivity contribution in [2.45, 2.75) is 58.3 Å². The van der Waals surface area contributed by atoms with Gasteiger partial charge in [-0.05, 0) is 62.6 Å². The number of esters is 1. The molecule has 0 radical (unpaired) electrons. The first-order valence-electron chi connectivity index (χ1n) is 14.1. The summed E-state index contributed by atoms with van der Waals surface area (Å²) in [5, 5.41) is 5.83. The summed E-state index contributed by atoms with van der Waals surface area (Å²) in [5.41, 5.74) is -0.111. The van der Waals surface area contributed by atoms with Gasteiger partial charge < -0.3 is 29.7 Å². The van der Waals surface area contributed by atoms with E-state index >= 15 is 0 Å². The van der Waals surface area contributed by atoms with E-state index < -0.39 is 5.41 Å². The fourth-order valence-electron chi connectivity index (χ4n) is 5.16. The van der Waals surface area contributed by atoms with Gasteiger partial charge in [-0.25, -0.2) is 0 Å². The van der Waals surface area contributed by atoms with E-state index in [0.29, 0.717) is 56.3 Å². The molecule has 3 aliphatic rings. The molecule has 2 bridgehead atoms. The lowest BCUT2D eigenvalue weighted by molar-refractivity contribution is -0.156. The average molecular weight is 544 g/mol. The van der Waals surface area contributed by atoms with E-state index in [1.165, 1.54) is 7.11 Å². The maximum atomic E-state index is 13.4. The smallest absolute Gasteiger partial charge is 0.314 e. The third-order valence-electron chi connectivity index (χ3n) is 7.61. The molecular formula is C29H41N3O7. The molecule has 1 atom stereocenters. The lowest BCUT2D eigenvalue weighted by Crippen LogP contribution is -2.46. The molecule has 0 aromatic heterocycles. The van der Waals surface area contributed by atoms with E-state index in [-0.39, 0.29) is 55.8 Å². The second-order valence-electron chi connectivity index (χ2n) is 10.9. The van der Waals surface area contributed by atoms with Crippen LogP contribution in [0.25, 0.3) is 0 Å². The predicted octanol–water partition coefficient (Wildman–Crippen LogP) is 2.23. The molecule has 1 unspecified atom stereocenters. The zero-order valence-corrected chi connectivity index (χ0v) is 23.1. The lowest BCUT2D eigenvalue weighted by Gasteiger charge is -2.32. The molecule has 1 aliphatic heterocycles. The quantitative estimate of drug-likeness (QED) is 0.528. The first kappa shape index (κ1) is 28.7. The number of methoxy groups -OCH3 is 1. The first-order valence-corrected chi connectivity index (χ1v) is 14.1. The summed E-state index contributed by atoms with van der Waals surface area (Å²) in [6.45, 7) is 3.08. The molecule has 2 N–H and O–H groups in total. The molecule has 10 heteroatoms. The van der Waals surface area contributed by atoms with E-state index in [4.69, 9.17) is 14.2 Å². The summed E-state index contributed by atoms with van der Waals surface area (Å²) in [6, 6.07) is 5.42. The molecular weight excluding hydrogens is 502 g/mol. The van der Waals surface area contributed by atoms with Gasteiger partial charge in [-0.15, -0.1) is 0 Å². The number of benzene rings is 1. The highest BCUT2D eigenvalue weighted by Gasteiger charge is 2.45. The zero-order valence-electron chi connectivity index (χ0n) is 23.1. The second kappa shape index (κ2) is 13.2. The number of nitrogens with zero attached hydrogens (tertiary/aromatic N) is 1. The van der Waals surface area contributed by atoms with E-state index in [2.05, 4.69) is 10.6 Å². The highest BCUT2D eigenvalue weighted by atomic mass is 16.5. The Morgan fingerprint density at radius 1 is 1.10 bits per heavy atom. The number of rotatable bonds is 6. The Balaban J connectivity index is 1.59. The summed E-state index contributed by atoms with van der Waals surface area (Å²) in [7, 11) is 1.53. The molecule has 214 valence electrons. The highest BCUT2D eigenvalue weighted by molar-refractivity contribution is 5.82. The van der Waals surface area contributed by atoms with E-state index in [9.17, 15) is 19.2 Å². The van der Waals surface area contributed by atoms with Gasteiger partial charge in [-0.2, -0.15) is 0 Å². The van der Waals surface area contributed by atoms with Crippen molar-refractivity contribution in [1.29, 1.82) is 0 Å². The van der Waals surface area contributed by atoms with Gasteiger partial charge >= 0.3 is 5.97 Å². The molecule has 1 aromatic rings. The van der Waals surface area contributed by atoms with Crippen molar-refractivity contribution in [3.63, 3.8) is 0 Å². The first-order chi connectivity index (χ1) is 18.8. The fraction of sp³-hybridized carbons (Fsp3) is 0.655. The van der Waals surface area contributed by atoms with E-state index in [1.807, 2.05) is 6.07 Å². The summed E-state index contributed by atoms with van der Waals surface area (Å²) < 4.78 is 16.8. The van der Waals surface area contributed by atoms with Crippen LogP contribution in [-0.2, 0) is 30.3 Å². The third-order valence-corrected chi connectivity index (χ3v) is 7.61. The van der Waals surface area contributed by atoms with Gasteiger partial charge in [0, 0.05) is 38.5 Å². The minimum absolute atomic E-state index is 0.0445. The monoisotopic (exact) mass is 543 g/mol. The van der Waals surface area contributed by atoms with E-state index in [1.54, 1.807) is 24.0 Å². The van der Waals surface area contributed by atoms with Crippen LogP contribution in [0.5, 0.6) is 11.5 Å². The Kier molecular flexibility index (Phi) is 9.69. The van der Waals surface area contributed by atoms with Crippen molar-refractivity contribution in [2.24, 2.45) is 17.3 Å². The molecule has 2 fully saturated rings. The van der Waals surface area contributed by atoms with Crippen LogP contribution >= 0.6 is 0 Å². The lowest BCUT2D eigenvalue weighted by atomic mass is 9.76. The van der Waals surface area contributed by atoms with Gasteiger partial charge in [0.2, 0.25) is 11.8 Å². The number of hydrogen-bond acceptors (Lipinski definition) is 7. The van der Waals surface area contributed by atoms with Gasteiger partial charge in [0.1, 0.15) is 0 Å². The third kappa shape index (κ3) is 8.10. The van der Waals surface area contributed by atoms with Crippen LogP contribution in [0, 0.1) is 17.3 Å². The average Bonchev–Trinajstić information content (AvgIpc) is 3.84. The zero-order chi connectivity index (χ0) is 27.8.